The highest BCUT2D eigenvalue weighted by molar-refractivity contribution is 6.30. The molecular weight excluding hydrogens is 290 g/mol. The van der Waals surface area contributed by atoms with E-state index in [2.05, 4.69) is 5.32 Å². The average Bonchev–Trinajstić information content (AvgIpc) is 2.47. The number of hydrogen-bond donors (Lipinski definition) is 2. The predicted molar refractivity (Wildman–Crippen MR) is 83.1 cm³/mol. The summed E-state index contributed by atoms with van der Waals surface area (Å²) in [5.41, 5.74) is 2.91. The number of nitrogens with one attached hydrogen (secondary N) is 1. The maximum atomic E-state index is 10.6. The zero-order valence-corrected chi connectivity index (χ0v) is 12.4. The highest BCUT2D eigenvalue weighted by Crippen LogP contribution is 2.23. The molecule has 0 aromatic heterocycles. The Morgan fingerprint density at radius 1 is 1.29 bits per heavy atom. The van der Waals surface area contributed by atoms with Crippen LogP contribution in [0.3, 0.4) is 0 Å². The van der Waals surface area contributed by atoms with Crippen molar-refractivity contribution in [2.45, 2.75) is 13.5 Å². The SMILES string of the molecule is Cc1ccc(Cl)cc1NCc1ccccc1OCC(=O)O. The average molecular weight is 306 g/mol. The molecule has 0 atom stereocenters. The Hall–Kier alpha value is -2.20. The van der Waals surface area contributed by atoms with Gasteiger partial charge in [-0.2, -0.15) is 0 Å². The molecule has 0 bridgehead atoms. The number of carboxylic acid groups (broad SMARTS) is 1. The topological polar surface area (TPSA) is 58.6 Å². The van der Waals surface area contributed by atoms with Crippen LogP contribution in [0.5, 0.6) is 5.75 Å². The first kappa shape index (κ1) is 15.2. The lowest BCUT2D eigenvalue weighted by Crippen LogP contribution is -2.11. The van der Waals surface area contributed by atoms with Crippen LogP contribution in [-0.4, -0.2) is 17.7 Å². The molecule has 2 aromatic rings. The van der Waals surface area contributed by atoms with E-state index in [9.17, 15) is 4.79 Å². The third-order valence-corrected chi connectivity index (χ3v) is 3.23. The summed E-state index contributed by atoms with van der Waals surface area (Å²) in [6.45, 7) is 2.16. The summed E-state index contributed by atoms with van der Waals surface area (Å²) in [5.74, 6) is -0.435. The maximum Gasteiger partial charge on any atom is 0.341 e. The van der Waals surface area contributed by atoms with Gasteiger partial charge in [-0.3, -0.25) is 0 Å². The molecule has 0 saturated heterocycles. The Labute approximate surface area is 128 Å². The quantitative estimate of drug-likeness (QED) is 0.854. The highest BCUT2D eigenvalue weighted by Gasteiger charge is 2.06. The molecule has 2 rings (SSSR count). The smallest absolute Gasteiger partial charge is 0.341 e. The molecule has 0 radical (unpaired) electrons. The van der Waals surface area contributed by atoms with E-state index in [4.69, 9.17) is 21.4 Å². The first-order valence-electron chi connectivity index (χ1n) is 6.49. The molecule has 0 saturated carbocycles. The van der Waals surface area contributed by atoms with Gasteiger partial charge in [0, 0.05) is 22.8 Å². The van der Waals surface area contributed by atoms with Crippen LogP contribution in [0.1, 0.15) is 11.1 Å². The fourth-order valence-corrected chi connectivity index (χ4v) is 2.08. The van der Waals surface area contributed by atoms with Crippen molar-refractivity contribution in [3.8, 4) is 5.75 Å². The Morgan fingerprint density at radius 3 is 2.81 bits per heavy atom. The van der Waals surface area contributed by atoms with Crippen LogP contribution in [0.25, 0.3) is 0 Å². The van der Waals surface area contributed by atoms with Gasteiger partial charge < -0.3 is 15.2 Å². The number of ether oxygens (including phenoxy) is 1. The summed E-state index contributed by atoms with van der Waals surface area (Å²) >= 11 is 5.98. The van der Waals surface area contributed by atoms with Gasteiger partial charge in [0.2, 0.25) is 0 Å². The molecule has 110 valence electrons. The molecule has 4 nitrogen and oxygen atoms in total. The number of hydrogen-bond acceptors (Lipinski definition) is 3. The Balaban J connectivity index is 2.09. The number of anilines is 1. The van der Waals surface area contributed by atoms with Gasteiger partial charge in [-0.25, -0.2) is 4.79 Å². The van der Waals surface area contributed by atoms with E-state index < -0.39 is 5.97 Å². The van der Waals surface area contributed by atoms with Gasteiger partial charge in [0.25, 0.3) is 0 Å². The van der Waals surface area contributed by atoms with Gasteiger partial charge in [-0.1, -0.05) is 35.9 Å². The molecule has 0 aliphatic carbocycles. The molecule has 2 N–H and O–H groups in total. The van der Waals surface area contributed by atoms with Crippen LogP contribution in [0, 0.1) is 6.92 Å². The zero-order chi connectivity index (χ0) is 15.2. The highest BCUT2D eigenvalue weighted by atomic mass is 35.5. The van der Waals surface area contributed by atoms with E-state index in [1.165, 1.54) is 0 Å². The van der Waals surface area contributed by atoms with Crippen molar-refractivity contribution in [1.29, 1.82) is 0 Å². The molecule has 0 aliphatic rings. The molecule has 0 heterocycles. The van der Waals surface area contributed by atoms with Crippen molar-refractivity contribution in [3.63, 3.8) is 0 Å². The van der Waals surface area contributed by atoms with Crippen LogP contribution < -0.4 is 10.1 Å². The predicted octanol–water partition coefficient (Wildman–Crippen LogP) is 3.72. The van der Waals surface area contributed by atoms with Gasteiger partial charge in [0.05, 0.1) is 0 Å². The first-order valence-corrected chi connectivity index (χ1v) is 6.86. The second kappa shape index (κ2) is 6.99. The van der Waals surface area contributed by atoms with E-state index in [-0.39, 0.29) is 6.61 Å². The number of carboxylic acids is 1. The summed E-state index contributed by atoms with van der Waals surface area (Å²) < 4.78 is 5.28. The van der Waals surface area contributed by atoms with Crippen LogP contribution in [0.4, 0.5) is 5.69 Å². The van der Waals surface area contributed by atoms with Crippen molar-refractivity contribution in [2.75, 3.05) is 11.9 Å². The molecule has 0 spiro atoms. The Kier molecular flexibility index (Phi) is 5.06. The summed E-state index contributed by atoms with van der Waals surface area (Å²) in [7, 11) is 0. The lowest BCUT2D eigenvalue weighted by molar-refractivity contribution is -0.139. The third-order valence-electron chi connectivity index (χ3n) is 2.99. The van der Waals surface area contributed by atoms with E-state index in [0.29, 0.717) is 17.3 Å². The van der Waals surface area contributed by atoms with Gasteiger partial charge in [-0.15, -0.1) is 0 Å². The van der Waals surface area contributed by atoms with E-state index in [0.717, 1.165) is 16.8 Å². The van der Waals surface area contributed by atoms with Crippen molar-refractivity contribution in [3.05, 3.63) is 58.6 Å². The fraction of sp³-hybridized carbons (Fsp3) is 0.188. The van der Waals surface area contributed by atoms with Crippen LogP contribution >= 0.6 is 11.6 Å². The monoisotopic (exact) mass is 305 g/mol. The number of benzene rings is 2. The largest absolute Gasteiger partial charge is 0.482 e. The van der Waals surface area contributed by atoms with Crippen molar-refractivity contribution >= 4 is 23.3 Å². The van der Waals surface area contributed by atoms with Gasteiger partial charge in [-0.05, 0) is 30.7 Å². The van der Waals surface area contributed by atoms with Gasteiger partial charge in [0.1, 0.15) is 5.75 Å². The molecular formula is C16H16ClNO3. The minimum absolute atomic E-state index is 0.354. The van der Waals surface area contributed by atoms with Gasteiger partial charge >= 0.3 is 5.97 Å². The molecule has 0 aliphatic heterocycles. The van der Waals surface area contributed by atoms with E-state index in [1.807, 2.05) is 43.3 Å². The number of halogens is 1. The molecule has 5 heteroatoms. The van der Waals surface area contributed by atoms with Crippen LogP contribution in [-0.2, 0) is 11.3 Å². The minimum atomic E-state index is -0.997. The molecule has 0 unspecified atom stereocenters. The maximum absolute atomic E-state index is 10.6. The number of carbonyl (C=O) groups is 1. The fourth-order valence-electron chi connectivity index (χ4n) is 1.91. The minimum Gasteiger partial charge on any atom is -0.482 e. The van der Waals surface area contributed by atoms with Crippen molar-refractivity contribution in [2.24, 2.45) is 0 Å². The summed E-state index contributed by atoms with van der Waals surface area (Å²) in [4.78, 5) is 10.6. The standard InChI is InChI=1S/C16H16ClNO3/c1-11-6-7-13(17)8-14(11)18-9-12-4-2-3-5-15(12)21-10-16(19)20/h2-8,18H,9-10H2,1H3,(H,19,20). The van der Waals surface area contributed by atoms with Crippen molar-refractivity contribution in [1.82, 2.24) is 0 Å². The van der Waals surface area contributed by atoms with E-state index in [1.54, 1.807) is 6.07 Å². The third kappa shape index (κ3) is 4.39. The first-order chi connectivity index (χ1) is 10.1. The molecule has 21 heavy (non-hydrogen) atoms. The number of rotatable bonds is 6. The second-order valence-corrected chi connectivity index (χ2v) is 5.04. The number of aliphatic carboxylic acids is 1. The van der Waals surface area contributed by atoms with Crippen LogP contribution in [0.2, 0.25) is 5.02 Å². The zero-order valence-electron chi connectivity index (χ0n) is 11.6. The number of para-hydroxylation sites is 1. The van der Waals surface area contributed by atoms with Gasteiger partial charge in [0.15, 0.2) is 6.61 Å². The second-order valence-electron chi connectivity index (χ2n) is 4.60. The van der Waals surface area contributed by atoms with Crippen molar-refractivity contribution < 1.29 is 14.6 Å². The normalized spacial score (nSPS) is 10.2. The number of aryl methyl sites for hydroxylation is 1. The molecule has 0 fully saturated rings. The summed E-state index contributed by atoms with van der Waals surface area (Å²) in [6.07, 6.45) is 0. The Morgan fingerprint density at radius 2 is 2.05 bits per heavy atom. The lowest BCUT2D eigenvalue weighted by Gasteiger charge is -2.13. The summed E-state index contributed by atoms with van der Waals surface area (Å²) in [6, 6.07) is 13.0. The molecule has 0 amide bonds. The molecule has 2 aromatic carbocycles. The van der Waals surface area contributed by atoms with E-state index >= 15 is 0 Å². The summed E-state index contributed by atoms with van der Waals surface area (Å²) in [5, 5.41) is 12.6. The van der Waals surface area contributed by atoms with Crippen LogP contribution in [0.15, 0.2) is 42.5 Å². The Bertz CT molecular complexity index is 643. The lowest BCUT2D eigenvalue weighted by atomic mass is 10.1.